The monoisotopic (exact) mass is 484 g/mol. The average molecular weight is 485 g/mol. The number of carbonyl (C=O) groups is 1. The Morgan fingerprint density at radius 1 is 1.00 bits per heavy atom. The van der Waals surface area contributed by atoms with Crippen molar-refractivity contribution < 1.29 is 31.8 Å². The summed E-state index contributed by atoms with van der Waals surface area (Å²) < 4.78 is 63.9. The molecule has 2 aromatic rings. The van der Waals surface area contributed by atoms with E-state index in [1.165, 1.54) is 37.8 Å². The minimum atomic E-state index is -4.80. The summed E-state index contributed by atoms with van der Waals surface area (Å²) in [7, 11) is 0. The molecule has 1 aromatic carbocycles. The minimum absolute atomic E-state index is 0.00561. The maximum atomic E-state index is 14.6. The smallest absolute Gasteiger partial charge is 0.428 e. The summed E-state index contributed by atoms with van der Waals surface area (Å²) in [5, 5.41) is 0. The zero-order valence-corrected chi connectivity index (χ0v) is 19.7. The molecular formula is C25H32F4N2O3. The molecule has 1 aromatic heterocycles. The Kier molecular flexibility index (Phi) is 11.2. The van der Waals surface area contributed by atoms with Crippen molar-refractivity contribution in [2.45, 2.75) is 83.9 Å². The molecule has 0 aliphatic carbocycles. The van der Waals surface area contributed by atoms with Crippen LogP contribution in [0.15, 0.2) is 30.6 Å². The van der Waals surface area contributed by atoms with E-state index in [0.29, 0.717) is 6.42 Å². The molecule has 0 spiro atoms. The molecule has 0 N–H and O–H groups in total. The Morgan fingerprint density at radius 2 is 1.68 bits per heavy atom. The molecule has 1 heterocycles. The van der Waals surface area contributed by atoms with Crippen molar-refractivity contribution in [2.75, 3.05) is 6.61 Å². The Bertz CT molecular complexity index is 889. The second-order valence-corrected chi connectivity index (χ2v) is 8.16. The topological polar surface area (TPSA) is 61.3 Å². The van der Waals surface area contributed by atoms with E-state index in [0.717, 1.165) is 30.9 Å². The van der Waals surface area contributed by atoms with E-state index in [-0.39, 0.29) is 23.6 Å². The highest BCUT2D eigenvalue weighted by atomic mass is 19.4. The highest BCUT2D eigenvalue weighted by Gasteiger charge is 2.43. The van der Waals surface area contributed by atoms with E-state index in [1.807, 2.05) is 0 Å². The number of carbonyl (C=O) groups excluding carboxylic acids is 1. The van der Waals surface area contributed by atoms with Crippen LogP contribution in [0.5, 0.6) is 5.75 Å². The number of alkyl halides is 3. The van der Waals surface area contributed by atoms with Gasteiger partial charge < -0.3 is 9.47 Å². The molecule has 0 saturated carbocycles. The molecule has 0 fully saturated rings. The first-order chi connectivity index (χ1) is 16.2. The van der Waals surface area contributed by atoms with Gasteiger partial charge in [-0.05, 0) is 37.0 Å². The molecule has 2 rings (SSSR count). The first-order valence-electron chi connectivity index (χ1n) is 11.7. The van der Waals surface area contributed by atoms with E-state index in [4.69, 9.17) is 4.74 Å². The van der Waals surface area contributed by atoms with Crippen LogP contribution in [0, 0.1) is 5.82 Å². The largest absolute Gasteiger partial charge is 0.477 e. The molecule has 0 saturated heterocycles. The summed E-state index contributed by atoms with van der Waals surface area (Å²) in [5.41, 5.74) is 1.00. The number of unbranched alkanes of at least 4 members (excludes halogenated alkanes) is 5. The Hall–Kier alpha value is -2.71. The number of benzene rings is 1. The first-order valence-corrected chi connectivity index (χ1v) is 11.7. The van der Waals surface area contributed by atoms with Crippen molar-refractivity contribution in [3.8, 4) is 17.1 Å². The van der Waals surface area contributed by atoms with Gasteiger partial charge in [0.25, 0.3) is 0 Å². The second-order valence-electron chi connectivity index (χ2n) is 8.16. The van der Waals surface area contributed by atoms with Crippen molar-refractivity contribution >= 4 is 5.97 Å². The van der Waals surface area contributed by atoms with Gasteiger partial charge in [0.2, 0.25) is 6.10 Å². The zero-order chi connectivity index (χ0) is 25.0. The maximum absolute atomic E-state index is 14.6. The van der Waals surface area contributed by atoms with Gasteiger partial charge in [-0.3, -0.25) is 4.79 Å². The second kappa shape index (κ2) is 13.9. The first kappa shape index (κ1) is 27.5. The lowest BCUT2D eigenvalue weighted by atomic mass is 10.1. The van der Waals surface area contributed by atoms with Crippen LogP contribution in [-0.4, -0.2) is 34.8 Å². The molecule has 0 bridgehead atoms. The number of esters is 1. The SMILES string of the molecule is CCCCCCCCc1cnc(-c2ccc(OC(COC(=O)CCC)C(F)(F)F)cc2F)nc1. The molecule has 0 aliphatic heterocycles. The number of halogens is 4. The van der Waals surface area contributed by atoms with Gasteiger partial charge in [0.05, 0.1) is 5.56 Å². The molecule has 34 heavy (non-hydrogen) atoms. The average Bonchev–Trinajstić information content (AvgIpc) is 2.79. The highest BCUT2D eigenvalue weighted by Crippen LogP contribution is 2.29. The van der Waals surface area contributed by atoms with E-state index in [1.54, 1.807) is 19.3 Å². The van der Waals surface area contributed by atoms with Gasteiger partial charge in [-0.2, -0.15) is 13.2 Å². The number of nitrogens with zero attached hydrogens (tertiary/aromatic N) is 2. The summed E-state index contributed by atoms with van der Waals surface area (Å²) in [6.07, 6.45) is 4.42. The number of ether oxygens (including phenoxy) is 2. The maximum Gasteiger partial charge on any atom is 0.428 e. The summed E-state index contributed by atoms with van der Waals surface area (Å²) in [6.45, 7) is 2.88. The number of aryl methyl sites for hydroxylation is 1. The lowest BCUT2D eigenvalue weighted by molar-refractivity contribution is -0.209. The lowest BCUT2D eigenvalue weighted by Gasteiger charge is -2.21. The fourth-order valence-electron chi connectivity index (χ4n) is 3.29. The third-order valence-electron chi connectivity index (χ3n) is 5.20. The van der Waals surface area contributed by atoms with Crippen LogP contribution in [0.25, 0.3) is 11.4 Å². The Balaban J connectivity index is 1.98. The van der Waals surface area contributed by atoms with Gasteiger partial charge in [-0.1, -0.05) is 46.0 Å². The van der Waals surface area contributed by atoms with E-state index >= 15 is 0 Å². The zero-order valence-electron chi connectivity index (χ0n) is 19.7. The van der Waals surface area contributed by atoms with Crippen molar-refractivity contribution in [1.29, 1.82) is 0 Å². The molecule has 0 aliphatic rings. The molecule has 5 nitrogen and oxygen atoms in total. The Morgan fingerprint density at radius 3 is 2.29 bits per heavy atom. The Labute approximate surface area is 197 Å². The summed E-state index contributed by atoms with van der Waals surface area (Å²) >= 11 is 0. The van der Waals surface area contributed by atoms with Gasteiger partial charge in [0.15, 0.2) is 5.82 Å². The molecule has 0 amide bonds. The molecule has 9 heteroatoms. The number of hydrogen-bond donors (Lipinski definition) is 0. The van der Waals surface area contributed by atoms with Crippen LogP contribution < -0.4 is 4.74 Å². The normalized spacial score (nSPS) is 12.4. The molecule has 1 unspecified atom stereocenters. The summed E-state index contributed by atoms with van der Waals surface area (Å²) in [5.74, 6) is -1.77. The van der Waals surface area contributed by atoms with Crippen LogP contribution in [-0.2, 0) is 16.0 Å². The lowest BCUT2D eigenvalue weighted by Crippen LogP contribution is -2.39. The van der Waals surface area contributed by atoms with Gasteiger partial charge >= 0.3 is 12.1 Å². The molecule has 188 valence electrons. The van der Waals surface area contributed by atoms with Crippen LogP contribution >= 0.6 is 0 Å². The van der Waals surface area contributed by atoms with E-state index < -0.39 is 30.7 Å². The quantitative estimate of drug-likeness (QED) is 0.167. The predicted molar refractivity (Wildman–Crippen MR) is 121 cm³/mol. The minimum Gasteiger partial charge on any atom is -0.477 e. The number of hydrogen-bond acceptors (Lipinski definition) is 5. The van der Waals surface area contributed by atoms with Crippen LogP contribution in [0.1, 0.15) is 70.8 Å². The van der Waals surface area contributed by atoms with Crippen molar-refractivity contribution in [2.24, 2.45) is 0 Å². The third kappa shape index (κ3) is 9.27. The van der Waals surface area contributed by atoms with Crippen LogP contribution in [0.4, 0.5) is 17.6 Å². The van der Waals surface area contributed by atoms with Gasteiger partial charge in [0, 0.05) is 24.9 Å². The van der Waals surface area contributed by atoms with E-state index in [9.17, 15) is 22.4 Å². The summed E-state index contributed by atoms with van der Waals surface area (Å²) in [4.78, 5) is 19.8. The third-order valence-corrected chi connectivity index (χ3v) is 5.20. The van der Waals surface area contributed by atoms with Crippen LogP contribution in [0.3, 0.4) is 0 Å². The fourth-order valence-corrected chi connectivity index (χ4v) is 3.29. The fraction of sp³-hybridized carbons (Fsp3) is 0.560. The van der Waals surface area contributed by atoms with Gasteiger partial charge in [-0.25, -0.2) is 14.4 Å². The summed E-state index contributed by atoms with van der Waals surface area (Å²) in [6, 6.07) is 3.32. The van der Waals surface area contributed by atoms with Gasteiger partial charge in [0.1, 0.15) is 18.2 Å². The van der Waals surface area contributed by atoms with Crippen molar-refractivity contribution in [3.63, 3.8) is 0 Å². The van der Waals surface area contributed by atoms with Gasteiger partial charge in [-0.15, -0.1) is 0 Å². The van der Waals surface area contributed by atoms with E-state index in [2.05, 4.69) is 21.6 Å². The predicted octanol–water partition coefficient (Wildman–Crippen LogP) is 6.84. The standard InChI is InChI=1S/C25H32F4N2O3/c1-3-5-6-7-8-9-11-18-15-30-24(31-16-18)20-13-12-19(14-21(20)26)34-22(25(27,28)29)17-33-23(32)10-4-2/h12-16,22H,3-11,17H2,1-2H3. The number of aromatic nitrogens is 2. The number of rotatable bonds is 14. The van der Waals surface area contributed by atoms with Crippen molar-refractivity contribution in [3.05, 3.63) is 42.0 Å². The molecule has 0 radical (unpaired) electrons. The van der Waals surface area contributed by atoms with Crippen molar-refractivity contribution in [1.82, 2.24) is 9.97 Å². The van der Waals surface area contributed by atoms with Crippen LogP contribution in [0.2, 0.25) is 0 Å². The molecule has 1 atom stereocenters. The molecular weight excluding hydrogens is 452 g/mol. The highest BCUT2D eigenvalue weighted by molar-refractivity contribution is 5.69.